The predicted molar refractivity (Wildman–Crippen MR) is 71.6 cm³/mol. The molecule has 0 radical (unpaired) electrons. The summed E-state index contributed by atoms with van der Waals surface area (Å²) in [5.74, 6) is 0.292. The van der Waals surface area contributed by atoms with Crippen LogP contribution in [0, 0.1) is 0 Å². The molecule has 1 heterocycles. The molecule has 0 aromatic carbocycles. The van der Waals surface area contributed by atoms with E-state index in [1.54, 1.807) is 7.05 Å². The molecule has 0 aromatic heterocycles. The van der Waals surface area contributed by atoms with Gasteiger partial charge >= 0.3 is 0 Å². The maximum atomic E-state index is 11.9. The van der Waals surface area contributed by atoms with Gasteiger partial charge in [0.1, 0.15) is 0 Å². The molecule has 0 unspecified atom stereocenters. The van der Waals surface area contributed by atoms with Crippen molar-refractivity contribution in [3.63, 3.8) is 0 Å². The van der Waals surface area contributed by atoms with E-state index in [2.05, 4.69) is 4.90 Å². The molecule has 0 N–H and O–H groups in total. The third-order valence-electron chi connectivity index (χ3n) is 3.41. The highest BCUT2D eigenvalue weighted by atomic mass is 32.2. The van der Waals surface area contributed by atoms with Crippen LogP contribution >= 0.6 is 0 Å². The zero-order chi connectivity index (χ0) is 12.7. The Kier molecular flexibility index (Phi) is 6.44. The molecule has 1 aliphatic heterocycles. The second-order valence-corrected chi connectivity index (χ2v) is 7.09. The van der Waals surface area contributed by atoms with Crippen LogP contribution in [-0.4, -0.2) is 56.6 Å². The van der Waals surface area contributed by atoms with Crippen molar-refractivity contribution in [2.75, 3.05) is 39.0 Å². The highest BCUT2D eigenvalue weighted by Gasteiger charge is 2.18. The van der Waals surface area contributed by atoms with Crippen molar-refractivity contribution in [2.45, 2.75) is 39.0 Å². The average molecular weight is 262 g/mol. The van der Waals surface area contributed by atoms with Crippen LogP contribution in [0.3, 0.4) is 0 Å². The van der Waals surface area contributed by atoms with Crippen LogP contribution in [0.4, 0.5) is 0 Å². The van der Waals surface area contributed by atoms with Gasteiger partial charge < -0.3 is 4.90 Å². The van der Waals surface area contributed by atoms with E-state index in [9.17, 15) is 8.42 Å². The molecule has 102 valence electrons. The Hall–Kier alpha value is -0.130. The third-order valence-corrected chi connectivity index (χ3v) is 5.35. The molecule has 0 amide bonds. The minimum absolute atomic E-state index is 0.292. The van der Waals surface area contributed by atoms with Gasteiger partial charge in [-0.25, -0.2) is 12.7 Å². The fourth-order valence-corrected chi connectivity index (χ4v) is 3.41. The quantitative estimate of drug-likeness (QED) is 0.699. The summed E-state index contributed by atoms with van der Waals surface area (Å²) in [5, 5.41) is 0. The van der Waals surface area contributed by atoms with Gasteiger partial charge in [0.25, 0.3) is 0 Å². The first kappa shape index (κ1) is 14.9. The molecule has 0 aromatic rings. The topological polar surface area (TPSA) is 40.6 Å². The first-order valence-electron chi connectivity index (χ1n) is 6.72. The molecule has 1 fully saturated rings. The van der Waals surface area contributed by atoms with Crippen LogP contribution in [0.2, 0.25) is 0 Å². The van der Waals surface area contributed by atoms with Gasteiger partial charge in [0.2, 0.25) is 10.0 Å². The summed E-state index contributed by atoms with van der Waals surface area (Å²) in [6, 6.07) is 0. The lowest BCUT2D eigenvalue weighted by molar-refractivity contribution is 0.218. The maximum Gasteiger partial charge on any atom is 0.213 e. The molecule has 5 heteroatoms. The molecular formula is C12H26N2O2S. The lowest BCUT2D eigenvalue weighted by atomic mass is 10.1. The zero-order valence-electron chi connectivity index (χ0n) is 11.2. The predicted octanol–water partition coefficient (Wildman–Crippen LogP) is 1.53. The second-order valence-electron chi connectivity index (χ2n) is 4.89. The van der Waals surface area contributed by atoms with E-state index in [0.717, 1.165) is 32.5 Å². The van der Waals surface area contributed by atoms with E-state index < -0.39 is 10.0 Å². The molecule has 0 atom stereocenters. The number of nitrogens with zero attached hydrogens (tertiary/aromatic N) is 2. The van der Waals surface area contributed by atoms with Crippen molar-refractivity contribution in [1.29, 1.82) is 0 Å². The number of hydrogen-bond donors (Lipinski definition) is 0. The molecule has 0 spiro atoms. The monoisotopic (exact) mass is 262 g/mol. The van der Waals surface area contributed by atoms with Crippen LogP contribution in [0.1, 0.15) is 39.0 Å². The van der Waals surface area contributed by atoms with Gasteiger partial charge in [-0.15, -0.1) is 0 Å². The summed E-state index contributed by atoms with van der Waals surface area (Å²) >= 11 is 0. The smallest absolute Gasteiger partial charge is 0.213 e. The number of likely N-dealkylation sites (N-methyl/N-ethyl adjacent to an activating group) is 1. The second kappa shape index (κ2) is 7.34. The molecule has 0 saturated carbocycles. The Balaban J connectivity index is 2.29. The summed E-state index contributed by atoms with van der Waals surface area (Å²) < 4.78 is 25.3. The van der Waals surface area contributed by atoms with Crippen LogP contribution in [-0.2, 0) is 10.0 Å². The van der Waals surface area contributed by atoms with Gasteiger partial charge in [-0.05, 0) is 32.4 Å². The molecule has 0 bridgehead atoms. The van der Waals surface area contributed by atoms with Crippen molar-refractivity contribution < 1.29 is 8.42 Å². The lowest BCUT2D eigenvalue weighted by Gasteiger charge is -2.28. The summed E-state index contributed by atoms with van der Waals surface area (Å²) in [5.41, 5.74) is 0. The first-order chi connectivity index (χ1) is 8.06. The number of likely N-dealkylation sites (tertiary alicyclic amines) is 1. The van der Waals surface area contributed by atoms with Crippen molar-refractivity contribution >= 4 is 10.0 Å². The molecular weight excluding hydrogens is 236 g/mol. The Bertz CT molecular complexity index is 298. The average Bonchev–Trinajstić information content (AvgIpc) is 2.34. The van der Waals surface area contributed by atoms with Gasteiger partial charge in [0.15, 0.2) is 0 Å². The van der Waals surface area contributed by atoms with Crippen LogP contribution in [0.5, 0.6) is 0 Å². The Morgan fingerprint density at radius 2 is 1.82 bits per heavy atom. The molecule has 1 aliphatic rings. The highest BCUT2D eigenvalue weighted by molar-refractivity contribution is 7.89. The van der Waals surface area contributed by atoms with E-state index in [1.807, 2.05) is 6.92 Å². The molecule has 4 nitrogen and oxygen atoms in total. The standard InChI is InChI=1S/C12H26N2O2S/c1-3-4-12-17(15,16)13(2)10-11-14-8-6-5-7-9-14/h3-12H2,1-2H3. The fraction of sp³-hybridized carbons (Fsp3) is 1.00. The van der Waals surface area contributed by atoms with Gasteiger partial charge in [-0.2, -0.15) is 0 Å². The third kappa shape index (κ3) is 5.36. The van der Waals surface area contributed by atoms with Crippen molar-refractivity contribution in [1.82, 2.24) is 9.21 Å². The normalized spacial score (nSPS) is 18.8. The van der Waals surface area contributed by atoms with Crippen molar-refractivity contribution in [2.24, 2.45) is 0 Å². The SMILES string of the molecule is CCCCS(=O)(=O)N(C)CCN1CCCCC1. The van der Waals surface area contributed by atoms with Crippen LogP contribution in [0.15, 0.2) is 0 Å². The van der Waals surface area contributed by atoms with Crippen molar-refractivity contribution in [3.05, 3.63) is 0 Å². The van der Waals surface area contributed by atoms with Crippen LogP contribution in [0.25, 0.3) is 0 Å². The summed E-state index contributed by atoms with van der Waals surface area (Å²) in [7, 11) is -1.31. The van der Waals surface area contributed by atoms with E-state index in [4.69, 9.17) is 0 Å². The number of rotatable bonds is 7. The van der Waals surface area contributed by atoms with E-state index in [-0.39, 0.29) is 0 Å². The number of hydrogen-bond acceptors (Lipinski definition) is 3. The van der Waals surface area contributed by atoms with Gasteiger partial charge in [-0.3, -0.25) is 0 Å². The molecule has 0 aliphatic carbocycles. The Morgan fingerprint density at radius 1 is 1.18 bits per heavy atom. The largest absolute Gasteiger partial charge is 0.302 e. The number of unbranched alkanes of at least 4 members (excludes halogenated alkanes) is 1. The van der Waals surface area contributed by atoms with Gasteiger partial charge in [0.05, 0.1) is 5.75 Å². The van der Waals surface area contributed by atoms with E-state index >= 15 is 0 Å². The number of sulfonamides is 1. The molecule has 17 heavy (non-hydrogen) atoms. The molecule has 1 saturated heterocycles. The van der Waals surface area contributed by atoms with E-state index in [1.165, 1.54) is 23.6 Å². The van der Waals surface area contributed by atoms with Crippen LogP contribution < -0.4 is 0 Å². The first-order valence-corrected chi connectivity index (χ1v) is 8.33. The lowest BCUT2D eigenvalue weighted by Crippen LogP contribution is -2.39. The van der Waals surface area contributed by atoms with E-state index in [0.29, 0.717) is 12.3 Å². The summed E-state index contributed by atoms with van der Waals surface area (Å²) in [6.45, 7) is 5.78. The Morgan fingerprint density at radius 3 is 2.41 bits per heavy atom. The minimum atomic E-state index is -3.02. The summed E-state index contributed by atoms with van der Waals surface area (Å²) in [6.07, 6.45) is 5.52. The van der Waals surface area contributed by atoms with Gasteiger partial charge in [-0.1, -0.05) is 19.8 Å². The molecule has 1 rings (SSSR count). The minimum Gasteiger partial charge on any atom is -0.302 e. The fourth-order valence-electron chi connectivity index (χ4n) is 2.09. The zero-order valence-corrected chi connectivity index (χ0v) is 12.0. The highest BCUT2D eigenvalue weighted by Crippen LogP contribution is 2.09. The Labute approximate surface area is 106 Å². The van der Waals surface area contributed by atoms with Crippen molar-refractivity contribution in [3.8, 4) is 0 Å². The summed E-state index contributed by atoms with van der Waals surface area (Å²) in [4.78, 5) is 2.37. The number of piperidine rings is 1. The maximum absolute atomic E-state index is 11.9. The van der Waals surface area contributed by atoms with Gasteiger partial charge in [0, 0.05) is 20.1 Å².